The average Bonchev–Trinajstić information content (AvgIpc) is 2.33. The Balaban J connectivity index is 2.01. The zero-order valence-electron chi connectivity index (χ0n) is 11.0. The number of aliphatic hydroxyl groups excluding tert-OH is 1. The summed E-state index contributed by atoms with van der Waals surface area (Å²) in [5.74, 6) is -0.529. The molecule has 1 aliphatic rings. The second-order valence-corrected chi connectivity index (χ2v) is 5.20. The lowest BCUT2D eigenvalue weighted by Crippen LogP contribution is -2.55. The van der Waals surface area contributed by atoms with Crippen molar-refractivity contribution in [2.45, 2.75) is 25.6 Å². The lowest BCUT2D eigenvalue weighted by molar-refractivity contribution is -0.145. The van der Waals surface area contributed by atoms with Crippen LogP contribution in [0.3, 0.4) is 0 Å². The van der Waals surface area contributed by atoms with Crippen molar-refractivity contribution in [1.82, 2.24) is 4.90 Å². The number of amides is 1. The summed E-state index contributed by atoms with van der Waals surface area (Å²) in [5, 5.41) is 9.15. The predicted octanol–water partition coefficient (Wildman–Crippen LogP) is 2.09. The summed E-state index contributed by atoms with van der Waals surface area (Å²) in [5.41, 5.74) is -0.212. The molecule has 0 aliphatic carbocycles. The van der Waals surface area contributed by atoms with Gasteiger partial charge in [0.2, 0.25) is 5.91 Å². The second-order valence-electron chi connectivity index (χ2n) is 5.20. The molecule has 0 bridgehead atoms. The van der Waals surface area contributed by atoms with E-state index in [1.165, 1.54) is 11.0 Å². The smallest absolute Gasteiger partial charge is 0.389 e. The molecule has 1 N–H and O–H groups in total. The number of hydrogen-bond acceptors (Lipinski definition) is 2. The molecule has 1 fully saturated rings. The fraction of sp³-hybridized carbons (Fsp3) is 0.500. The van der Waals surface area contributed by atoms with Gasteiger partial charge in [-0.1, -0.05) is 25.1 Å². The number of likely N-dealkylation sites (tertiary alicyclic amines) is 1. The Kier molecular flexibility index (Phi) is 4.04. The minimum absolute atomic E-state index is 0.132. The zero-order chi connectivity index (χ0) is 14.9. The summed E-state index contributed by atoms with van der Waals surface area (Å²) < 4.78 is 37.8. The third-order valence-electron chi connectivity index (χ3n) is 3.39. The number of carbonyl (C=O) groups excluding carboxylic acids is 1. The van der Waals surface area contributed by atoms with Gasteiger partial charge in [-0.05, 0) is 18.1 Å². The van der Waals surface area contributed by atoms with Crippen LogP contribution in [0.15, 0.2) is 24.3 Å². The fourth-order valence-electron chi connectivity index (χ4n) is 2.26. The van der Waals surface area contributed by atoms with E-state index in [1.807, 2.05) is 0 Å². The molecular formula is C14H16F3NO2. The van der Waals surface area contributed by atoms with Crippen molar-refractivity contribution in [3.63, 3.8) is 0 Å². The van der Waals surface area contributed by atoms with Crippen molar-refractivity contribution in [2.24, 2.45) is 5.92 Å². The zero-order valence-corrected chi connectivity index (χ0v) is 11.0. The first-order valence-electron chi connectivity index (χ1n) is 6.40. The highest BCUT2D eigenvalue weighted by Gasteiger charge is 2.32. The molecule has 20 heavy (non-hydrogen) atoms. The van der Waals surface area contributed by atoms with Crippen LogP contribution in [0.25, 0.3) is 0 Å². The van der Waals surface area contributed by atoms with Gasteiger partial charge in [-0.2, -0.15) is 13.2 Å². The van der Waals surface area contributed by atoms with Crippen molar-refractivity contribution in [1.29, 1.82) is 0 Å². The number of rotatable bonds is 3. The van der Waals surface area contributed by atoms with Crippen LogP contribution in [0.4, 0.5) is 13.2 Å². The van der Waals surface area contributed by atoms with Gasteiger partial charge in [0.05, 0.1) is 11.7 Å². The topological polar surface area (TPSA) is 40.5 Å². The number of halogens is 3. The molecule has 6 heteroatoms. The summed E-state index contributed by atoms with van der Waals surface area (Å²) in [7, 11) is 0. The van der Waals surface area contributed by atoms with E-state index in [0.717, 1.165) is 12.1 Å². The van der Waals surface area contributed by atoms with E-state index in [1.54, 1.807) is 13.0 Å². The maximum Gasteiger partial charge on any atom is 0.416 e. The minimum atomic E-state index is -4.37. The highest BCUT2D eigenvalue weighted by Crippen LogP contribution is 2.30. The van der Waals surface area contributed by atoms with E-state index in [4.69, 9.17) is 5.11 Å². The van der Waals surface area contributed by atoms with E-state index in [9.17, 15) is 18.0 Å². The summed E-state index contributed by atoms with van der Waals surface area (Å²) >= 11 is 0. The van der Waals surface area contributed by atoms with Gasteiger partial charge in [0.25, 0.3) is 0 Å². The molecule has 1 aromatic carbocycles. The van der Waals surface area contributed by atoms with Gasteiger partial charge in [-0.15, -0.1) is 0 Å². The Bertz CT molecular complexity index is 495. The van der Waals surface area contributed by atoms with Crippen molar-refractivity contribution in [3.8, 4) is 0 Å². The third-order valence-corrected chi connectivity index (χ3v) is 3.39. The van der Waals surface area contributed by atoms with Crippen LogP contribution in [-0.4, -0.2) is 35.1 Å². The van der Waals surface area contributed by atoms with Crippen LogP contribution in [-0.2, 0) is 17.4 Å². The number of hydrogen-bond donors (Lipinski definition) is 1. The standard InChI is InChI=1S/C14H16F3NO2/c1-9(13(20)18-7-12(19)8-18)5-10-3-2-4-11(6-10)14(15,16)17/h2-4,6,9,12,19H,5,7-8H2,1H3. The summed E-state index contributed by atoms with van der Waals surface area (Å²) in [6.07, 6.45) is -4.58. The highest BCUT2D eigenvalue weighted by molar-refractivity contribution is 5.79. The third kappa shape index (κ3) is 3.30. The lowest BCUT2D eigenvalue weighted by Gasteiger charge is -2.37. The van der Waals surface area contributed by atoms with E-state index in [2.05, 4.69) is 0 Å². The molecule has 2 rings (SSSR count). The summed E-state index contributed by atoms with van der Waals surface area (Å²) in [6.45, 7) is 2.31. The largest absolute Gasteiger partial charge is 0.416 e. The Morgan fingerprint density at radius 3 is 2.65 bits per heavy atom. The quantitative estimate of drug-likeness (QED) is 0.924. The van der Waals surface area contributed by atoms with Crippen molar-refractivity contribution >= 4 is 5.91 Å². The Morgan fingerprint density at radius 1 is 1.45 bits per heavy atom. The summed E-state index contributed by atoms with van der Waals surface area (Å²) in [4.78, 5) is 13.5. The first-order valence-corrected chi connectivity index (χ1v) is 6.40. The Labute approximate surface area is 115 Å². The van der Waals surface area contributed by atoms with Gasteiger partial charge in [-0.3, -0.25) is 4.79 Å². The molecule has 1 aliphatic heterocycles. The normalized spacial score (nSPS) is 17.8. The molecule has 1 unspecified atom stereocenters. The van der Waals surface area contributed by atoms with Crippen LogP contribution in [0.5, 0.6) is 0 Å². The minimum Gasteiger partial charge on any atom is -0.389 e. The van der Waals surface area contributed by atoms with E-state index in [0.29, 0.717) is 18.7 Å². The molecular weight excluding hydrogens is 271 g/mol. The van der Waals surface area contributed by atoms with Crippen molar-refractivity contribution < 1.29 is 23.1 Å². The van der Waals surface area contributed by atoms with Crippen molar-refractivity contribution in [3.05, 3.63) is 35.4 Å². The summed E-state index contributed by atoms with van der Waals surface area (Å²) in [6, 6.07) is 5.03. The maximum atomic E-state index is 12.6. The van der Waals surface area contributed by atoms with E-state index < -0.39 is 23.8 Å². The average molecular weight is 287 g/mol. The molecule has 0 aromatic heterocycles. The molecule has 1 aromatic rings. The second kappa shape index (κ2) is 5.44. The van der Waals surface area contributed by atoms with Gasteiger partial charge >= 0.3 is 6.18 Å². The molecule has 0 saturated carbocycles. The van der Waals surface area contributed by atoms with Crippen LogP contribution < -0.4 is 0 Å². The van der Waals surface area contributed by atoms with Crippen LogP contribution in [0.2, 0.25) is 0 Å². The number of alkyl halides is 3. The number of benzene rings is 1. The SMILES string of the molecule is CC(Cc1cccc(C(F)(F)F)c1)C(=O)N1CC(O)C1. The molecule has 110 valence electrons. The number of carbonyl (C=O) groups is 1. The molecule has 1 atom stereocenters. The van der Waals surface area contributed by atoms with E-state index in [-0.39, 0.29) is 12.3 Å². The molecule has 1 amide bonds. The number of nitrogens with zero attached hydrogens (tertiary/aromatic N) is 1. The molecule has 1 saturated heterocycles. The maximum absolute atomic E-state index is 12.6. The van der Waals surface area contributed by atoms with Crippen LogP contribution in [0.1, 0.15) is 18.1 Å². The highest BCUT2D eigenvalue weighted by atomic mass is 19.4. The van der Waals surface area contributed by atoms with Gasteiger partial charge < -0.3 is 10.0 Å². The van der Waals surface area contributed by atoms with Crippen LogP contribution >= 0.6 is 0 Å². The molecule has 0 radical (unpaired) electrons. The van der Waals surface area contributed by atoms with Crippen molar-refractivity contribution in [2.75, 3.05) is 13.1 Å². The number of aliphatic hydroxyl groups is 1. The monoisotopic (exact) mass is 287 g/mol. The predicted molar refractivity (Wildman–Crippen MR) is 66.9 cm³/mol. The lowest BCUT2D eigenvalue weighted by atomic mass is 9.97. The molecule has 1 heterocycles. The Morgan fingerprint density at radius 2 is 2.10 bits per heavy atom. The van der Waals surface area contributed by atoms with E-state index >= 15 is 0 Å². The molecule has 3 nitrogen and oxygen atoms in total. The Hall–Kier alpha value is -1.56. The fourth-order valence-corrected chi connectivity index (χ4v) is 2.26. The van der Waals surface area contributed by atoms with Gasteiger partial charge in [-0.25, -0.2) is 0 Å². The van der Waals surface area contributed by atoms with Gasteiger partial charge in [0, 0.05) is 19.0 Å². The first kappa shape index (κ1) is 14.8. The van der Waals surface area contributed by atoms with Gasteiger partial charge in [0.15, 0.2) is 0 Å². The number of β-amino-alcohol motifs (C(OH)–C–C–N with tert-alkyl or cyclic N) is 1. The van der Waals surface area contributed by atoms with Crippen LogP contribution in [0, 0.1) is 5.92 Å². The first-order chi connectivity index (χ1) is 9.27. The molecule has 0 spiro atoms. The van der Waals surface area contributed by atoms with Gasteiger partial charge in [0.1, 0.15) is 0 Å².